The Bertz CT molecular complexity index is 1650. The zero-order valence-electron chi connectivity index (χ0n) is 17.3. The molecule has 0 bridgehead atoms. The van der Waals surface area contributed by atoms with Gasteiger partial charge in [-0.3, -0.25) is 9.71 Å². The Morgan fingerprint density at radius 2 is 1.94 bits per heavy atom. The van der Waals surface area contributed by atoms with Crippen LogP contribution in [0.1, 0.15) is 5.69 Å². The number of benzene rings is 1. The van der Waals surface area contributed by atoms with E-state index >= 15 is 4.39 Å². The predicted molar refractivity (Wildman–Crippen MR) is 121 cm³/mol. The number of hydrogen-bond donors (Lipinski definition) is 1. The van der Waals surface area contributed by atoms with Crippen LogP contribution in [0.3, 0.4) is 0 Å². The second-order valence-corrected chi connectivity index (χ2v) is 9.39. The van der Waals surface area contributed by atoms with Gasteiger partial charge in [0, 0.05) is 24.0 Å². The summed E-state index contributed by atoms with van der Waals surface area (Å²) < 4.78 is 64.7. The van der Waals surface area contributed by atoms with E-state index in [4.69, 9.17) is 16.1 Å². The van der Waals surface area contributed by atoms with E-state index in [1.165, 1.54) is 44.0 Å². The Labute approximate surface area is 196 Å². The van der Waals surface area contributed by atoms with E-state index in [-0.39, 0.29) is 21.2 Å². The van der Waals surface area contributed by atoms with Gasteiger partial charge in [-0.25, -0.2) is 22.2 Å². The van der Waals surface area contributed by atoms with Crippen molar-refractivity contribution in [3.63, 3.8) is 0 Å². The standard InChI is InChI=1S/C22H14ClF2N5O3S/c1-12-19(8-14(23)9-26-12)34(31,32)29-16-4-3-15(24)20(21(16)25)13-2-5-17-22(18-6-7-28-33-18)27-11-30(17)10-13/h2-11,29H,1H3. The van der Waals surface area contributed by atoms with Crippen LogP contribution in [0, 0.1) is 18.6 Å². The second-order valence-electron chi connectivity index (χ2n) is 7.31. The normalized spacial score (nSPS) is 11.8. The average Bonchev–Trinajstić information content (AvgIpc) is 3.47. The summed E-state index contributed by atoms with van der Waals surface area (Å²) >= 11 is 5.87. The lowest BCUT2D eigenvalue weighted by atomic mass is 10.0. The maximum atomic E-state index is 15.4. The van der Waals surface area contributed by atoms with Crippen molar-refractivity contribution in [1.29, 1.82) is 0 Å². The van der Waals surface area contributed by atoms with Crippen LogP contribution >= 0.6 is 11.6 Å². The molecular weight excluding hydrogens is 488 g/mol. The van der Waals surface area contributed by atoms with Crippen LogP contribution in [0.4, 0.5) is 14.5 Å². The van der Waals surface area contributed by atoms with E-state index in [2.05, 4.69) is 19.8 Å². The van der Waals surface area contributed by atoms with Crippen molar-refractivity contribution in [2.75, 3.05) is 4.72 Å². The molecule has 12 heteroatoms. The van der Waals surface area contributed by atoms with E-state index in [1.54, 1.807) is 16.5 Å². The third-order valence-electron chi connectivity index (χ3n) is 5.12. The minimum Gasteiger partial charge on any atom is -0.355 e. The largest absolute Gasteiger partial charge is 0.355 e. The first-order valence-electron chi connectivity index (χ1n) is 9.76. The number of aromatic nitrogens is 4. The van der Waals surface area contributed by atoms with Gasteiger partial charge in [-0.05, 0) is 31.2 Å². The van der Waals surface area contributed by atoms with Gasteiger partial charge in [0.15, 0.2) is 11.6 Å². The van der Waals surface area contributed by atoms with Crippen molar-refractivity contribution in [1.82, 2.24) is 19.5 Å². The van der Waals surface area contributed by atoms with Gasteiger partial charge in [0.2, 0.25) is 0 Å². The van der Waals surface area contributed by atoms with Crippen LogP contribution < -0.4 is 4.72 Å². The minimum absolute atomic E-state index is 0.101. The lowest BCUT2D eigenvalue weighted by Crippen LogP contribution is -2.16. The van der Waals surface area contributed by atoms with Crippen molar-refractivity contribution >= 4 is 32.8 Å². The molecule has 0 atom stereocenters. The van der Waals surface area contributed by atoms with Crippen molar-refractivity contribution in [2.45, 2.75) is 11.8 Å². The molecule has 0 aliphatic rings. The number of hydrogen-bond acceptors (Lipinski definition) is 6. The lowest BCUT2D eigenvalue weighted by Gasteiger charge is -2.14. The quantitative estimate of drug-likeness (QED) is 0.360. The molecule has 8 nitrogen and oxygen atoms in total. The Balaban J connectivity index is 1.56. The molecule has 0 aliphatic carbocycles. The first-order valence-corrected chi connectivity index (χ1v) is 11.6. The molecule has 172 valence electrons. The summed E-state index contributed by atoms with van der Waals surface area (Å²) in [5, 5.41) is 3.75. The van der Waals surface area contributed by atoms with Gasteiger partial charge in [-0.1, -0.05) is 22.8 Å². The van der Waals surface area contributed by atoms with Gasteiger partial charge in [0.1, 0.15) is 22.7 Å². The van der Waals surface area contributed by atoms with Crippen molar-refractivity contribution in [2.24, 2.45) is 0 Å². The fraction of sp³-hybridized carbons (Fsp3) is 0.0455. The van der Waals surface area contributed by atoms with Gasteiger partial charge in [0.25, 0.3) is 10.0 Å². The molecule has 0 unspecified atom stereocenters. The monoisotopic (exact) mass is 501 g/mol. The first kappa shape index (κ1) is 22.0. The molecule has 0 saturated heterocycles. The number of nitrogens with one attached hydrogen (secondary N) is 1. The Morgan fingerprint density at radius 3 is 2.71 bits per heavy atom. The Morgan fingerprint density at radius 1 is 1.12 bits per heavy atom. The van der Waals surface area contributed by atoms with Crippen molar-refractivity contribution < 1.29 is 21.7 Å². The molecule has 4 heterocycles. The summed E-state index contributed by atoms with van der Waals surface area (Å²) in [5.74, 6) is -1.50. The molecule has 0 aliphatic heterocycles. The van der Waals surface area contributed by atoms with Gasteiger partial charge in [-0.2, -0.15) is 0 Å². The van der Waals surface area contributed by atoms with Crippen LogP contribution in [0.5, 0.6) is 0 Å². The zero-order valence-corrected chi connectivity index (χ0v) is 18.9. The smallest absolute Gasteiger partial charge is 0.263 e. The highest BCUT2D eigenvalue weighted by Crippen LogP contribution is 2.33. The molecule has 0 amide bonds. The number of nitrogens with zero attached hydrogens (tertiary/aromatic N) is 4. The summed E-state index contributed by atoms with van der Waals surface area (Å²) in [5.41, 5.74) is 0.652. The maximum Gasteiger partial charge on any atom is 0.263 e. The molecular formula is C22H14ClF2N5O3S. The molecule has 0 spiro atoms. The summed E-state index contributed by atoms with van der Waals surface area (Å²) in [4.78, 5) is 7.96. The summed E-state index contributed by atoms with van der Waals surface area (Å²) in [6.45, 7) is 1.48. The second kappa shape index (κ2) is 8.19. The summed E-state index contributed by atoms with van der Waals surface area (Å²) in [7, 11) is -4.25. The number of anilines is 1. The van der Waals surface area contributed by atoms with Gasteiger partial charge in [0.05, 0.1) is 33.7 Å². The third-order valence-corrected chi connectivity index (χ3v) is 6.81. The molecule has 5 aromatic rings. The van der Waals surface area contributed by atoms with Crippen LogP contribution in [-0.4, -0.2) is 27.9 Å². The first-order chi connectivity index (χ1) is 16.2. The number of rotatable bonds is 5. The Kier molecular flexibility index (Phi) is 5.29. The molecule has 5 rings (SSSR count). The molecule has 4 aromatic heterocycles. The summed E-state index contributed by atoms with van der Waals surface area (Å²) in [6, 6.07) is 7.96. The highest BCUT2D eigenvalue weighted by Gasteiger charge is 2.23. The topological polar surface area (TPSA) is 102 Å². The number of halogens is 3. The van der Waals surface area contributed by atoms with Crippen molar-refractivity contribution in [3.05, 3.63) is 83.7 Å². The van der Waals surface area contributed by atoms with Crippen LogP contribution in [-0.2, 0) is 10.0 Å². The third kappa shape index (κ3) is 3.78. The van der Waals surface area contributed by atoms with E-state index in [0.717, 1.165) is 12.1 Å². The maximum absolute atomic E-state index is 15.4. The van der Waals surface area contributed by atoms with Crippen LogP contribution in [0.2, 0.25) is 5.02 Å². The summed E-state index contributed by atoms with van der Waals surface area (Å²) in [6.07, 6.45) is 5.72. The van der Waals surface area contributed by atoms with E-state index < -0.39 is 32.9 Å². The fourth-order valence-electron chi connectivity index (χ4n) is 3.53. The zero-order chi connectivity index (χ0) is 24.0. The molecule has 1 N–H and O–H groups in total. The van der Waals surface area contributed by atoms with E-state index in [0.29, 0.717) is 17.0 Å². The van der Waals surface area contributed by atoms with Crippen molar-refractivity contribution in [3.8, 4) is 22.6 Å². The SMILES string of the molecule is Cc1ncc(Cl)cc1S(=O)(=O)Nc1ccc(F)c(-c2ccc3c(-c4ccno4)ncn3c2)c1F. The molecule has 0 saturated carbocycles. The lowest BCUT2D eigenvalue weighted by molar-refractivity contribution is 0.431. The van der Waals surface area contributed by atoms with Gasteiger partial charge < -0.3 is 8.92 Å². The number of aryl methyl sites for hydroxylation is 1. The number of sulfonamides is 1. The van der Waals surface area contributed by atoms with E-state index in [1.807, 2.05) is 0 Å². The average molecular weight is 502 g/mol. The number of pyridine rings is 2. The van der Waals surface area contributed by atoms with Gasteiger partial charge >= 0.3 is 0 Å². The van der Waals surface area contributed by atoms with Gasteiger partial charge in [-0.15, -0.1) is 0 Å². The predicted octanol–water partition coefficient (Wildman–Crippen LogP) is 5.09. The molecule has 34 heavy (non-hydrogen) atoms. The Hall–Kier alpha value is -3.83. The fourth-order valence-corrected chi connectivity index (χ4v) is 5.04. The number of imidazole rings is 1. The molecule has 0 radical (unpaired) electrons. The van der Waals surface area contributed by atoms with Crippen LogP contribution in [0.25, 0.3) is 28.1 Å². The molecule has 1 aromatic carbocycles. The highest BCUT2D eigenvalue weighted by molar-refractivity contribution is 7.92. The highest BCUT2D eigenvalue weighted by atomic mass is 35.5. The van der Waals surface area contributed by atoms with E-state index in [9.17, 15) is 12.8 Å². The molecule has 0 fully saturated rings. The number of fused-ring (bicyclic) bond motifs is 1. The minimum atomic E-state index is -4.25. The van der Waals surface area contributed by atoms with Crippen LogP contribution in [0.15, 0.2) is 70.7 Å².